The van der Waals surface area contributed by atoms with Crippen molar-refractivity contribution in [3.8, 4) is 0 Å². The number of carbonyl (C=O) groups is 2. The Morgan fingerprint density at radius 1 is 1.47 bits per heavy atom. The van der Waals surface area contributed by atoms with Gasteiger partial charge in [-0.2, -0.15) is 0 Å². The van der Waals surface area contributed by atoms with E-state index >= 15 is 0 Å². The molecule has 0 heterocycles. The summed E-state index contributed by atoms with van der Waals surface area (Å²) in [4.78, 5) is 22.5. The highest BCUT2D eigenvalue weighted by molar-refractivity contribution is 6.32. The third kappa shape index (κ3) is 4.07. The summed E-state index contributed by atoms with van der Waals surface area (Å²) in [6, 6.07) is 6.78. The molecule has 0 aliphatic rings. The maximum absolute atomic E-state index is 11.4. The molecule has 5 heteroatoms. The van der Waals surface area contributed by atoms with Crippen molar-refractivity contribution in [2.45, 2.75) is 19.9 Å². The third-order valence-corrected chi connectivity index (χ3v) is 2.39. The smallest absolute Gasteiger partial charge is 0.396 e. The van der Waals surface area contributed by atoms with Crippen LogP contribution in [0.5, 0.6) is 0 Å². The molecule has 1 atom stereocenters. The van der Waals surface area contributed by atoms with E-state index in [4.69, 9.17) is 11.6 Å². The number of benzene rings is 1. The van der Waals surface area contributed by atoms with Gasteiger partial charge in [-0.3, -0.25) is 4.79 Å². The first-order valence-corrected chi connectivity index (χ1v) is 5.65. The molecule has 0 saturated heterocycles. The highest BCUT2D eigenvalue weighted by Gasteiger charge is 2.17. The van der Waals surface area contributed by atoms with Crippen molar-refractivity contribution in [3.05, 3.63) is 34.9 Å². The molecule has 0 spiro atoms. The fourth-order valence-electron chi connectivity index (χ4n) is 1.31. The van der Waals surface area contributed by atoms with Crippen LogP contribution in [0.15, 0.2) is 24.3 Å². The minimum atomic E-state index is -0.874. The van der Waals surface area contributed by atoms with Gasteiger partial charge in [0.05, 0.1) is 12.6 Å². The standard InChI is InChI=1S/C12H14ClNO3/c1-3-17-12(16)11(15)14-8(2)9-5-4-6-10(13)7-9/h4-8H,3H2,1-2H3,(H,14,15). The summed E-state index contributed by atoms with van der Waals surface area (Å²) < 4.78 is 4.59. The zero-order chi connectivity index (χ0) is 12.8. The van der Waals surface area contributed by atoms with Crippen LogP contribution in [0, 0.1) is 0 Å². The van der Waals surface area contributed by atoms with Gasteiger partial charge in [-0.15, -0.1) is 0 Å². The van der Waals surface area contributed by atoms with Crippen LogP contribution in [0.25, 0.3) is 0 Å². The molecule has 0 aliphatic carbocycles. The number of esters is 1. The second-order valence-corrected chi connectivity index (χ2v) is 3.91. The van der Waals surface area contributed by atoms with E-state index in [1.807, 2.05) is 6.07 Å². The van der Waals surface area contributed by atoms with Gasteiger partial charge in [-0.1, -0.05) is 23.7 Å². The van der Waals surface area contributed by atoms with E-state index in [1.165, 1.54) is 0 Å². The van der Waals surface area contributed by atoms with Crippen molar-refractivity contribution in [3.63, 3.8) is 0 Å². The van der Waals surface area contributed by atoms with Gasteiger partial charge >= 0.3 is 11.9 Å². The van der Waals surface area contributed by atoms with Crippen molar-refractivity contribution in [2.24, 2.45) is 0 Å². The van der Waals surface area contributed by atoms with Gasteiger partial charge in [-0.05, 0) is 31.5 Å². The second kappa shape index (κ2) is 6.25. The molecule has 0 saturated carbocycles. The molecule has 17 heavy (non-hydrogen) atoms. The highest BCUT2D eigenvalue weighted by atomic mass is 35.5. The average Bonchev–Trinajstić information content (AvgIpc) is 2.29. The van der Waals surface area contributed by atoms with Crippen LogP contribution in [0.4, 0.5) is 0 Å². The molecule has 0 bridgehead atoms. The van der Waals surface area contributed by atoms with E-state index < -0.39 is 11.9 Å². The van der Waals surface area contributed by atoms with Gasteiger partial charge in [0.2, 0.25) is 0 Å². The van der Waals surface area contributed by atoms with Crippen molar-refractivity contribution in [2.75, 3.05) is 6.61 Å². The number of hydrogen-bond donors (Lipinski definition) is 1. The molecule has 4 nitrogen and oxygen atoms in total. The summed E-state index contributed by atoms with van der Waals surface area (Å²) in [5.41, 5.74) is 0.829. The minimum Gasteiger partial charge on any atom is -0.459 e. The fourth-order valence-corrected chi connectivity index (χ4v) is 1.51. The zero-order valence-electron chi connectivity index (χ0n) is 9.70. The molecule has 1 aromatic rings. The second-order valence-electron chi connectivity index (χ2n) is 3.47. The van der Waals surface area contributed by atoms with Gasteiger partial charge in [-0.25, -0.2) is 4.79 Å². The molecule has 1 unspecified atom stereocenters. The first kappa shape index (κ1) is 13.5. The monoisotopic (exact) mass is 255 g/mol. The summed E-state index contributed by atoms with van der Waals surface area (Å²) in [6.07, 6.45) is 0. The molecule has 0 aromatic heterocycles. The first-order valence-electron chi connectivity index (χ1n) is 5.27. The summed E-state index contributed by atoms with van der Waals surface area (Å²) >= 11 is 5.83. The van der Waals surface area contributed by atoms with Crippen molar-refractivity contribution < 1.29 is 14.3 Å². The Bertz CT molecular complexity index is 420. The maximum atomic E-state index is 11.4. The molecular formula is C12H14ClNO3. The molecule has 1 N–H and O–H groups in total. The number of nitrogens with one attached hydrogen (secondary N) is 1. The van der Waals surface area contributed by atoms with E-state index in [-0.39, 0.29) is 12.6 Å². The molecule has 0 radical (unpaired) electrons. The average molecular weight is 256 g/mol. The van der Waals surface area contributed by atoms with E-state index in [0.717, 1.165) is 5.56 Å². The molecular weight excluding hydrogens is 242 g/mol. The van der Waals surface area contributed by atoms with Crippen molar-refractivity contribution in [1.29, 1.82) is 0 Å². The fraction of sp³-hybridized carbons (Fsp3) is 0.333. The van der Waals surface area contributed by atoms with Crippen molar-refractivity contribution >= 4 is 23.5 Å². The summed E-state index contributed by atoms with van der Waals surface area (Å²) in [5.74, 6) is -1.62. The lowest BCUT2D eigenvalue weighted by atomic mass is 10.1. The molecule has 1 amide bonds. The Kier molecular flexibility index (Phi) is 4.97. The topological polar surface area (TPSA) is 55.4 Å². The number of halogens is 1. The lowest BCUT2D eigenvalue weighted by Crippen LogP contribution is -2.34. The Hall–Kier alpha value is -1.55. The van der Waals surface area contributed by atoms with Crippen LogP contribution in [0.2, 0.25) is 5.02 Å². The molecule has 1 rings (SSSR count). The van der Waals surface area contributed by atoms with Crippen molar-refractivity contribution in [1.82, 2.24) is 5.32 Å². The van der Waals surface area contributed by atoms with Crippen LogP contribution in [-0.2, 0) is 14.3 Å². The Balaban J connectivity index is 2.63. The molecule has 1 aromatic carbocycles. The maximum Gasteiger partial charge on any atom is 0.396 e. The Morgan fingerprint density at radius 2 is 2.18 bits per heavy atom. The predicted octanol–water partition coefficient (Wildman–Crippen LogP) is 2.08. The molecule has 0 fully saturated rings. The van der Waals surface area contributed by atoms with E-state index in [1.54, 1.807) is 32.0 Å². The van der Waals surface area contributed by atoms with E-state index in [0.29, 0.717) is 5.02 Å². The first-order chi connectivity index (χ1) is 8.04. The largest absolute Gasteiger partial charge is 0.459 e. The van der Waals surface area contributed by atoms with Crippen LogP contribution in [-0.4, -0.2) is 18.5 Å². The number of amides is 1. The van der Waals surface area contributed by atoms with E-state index in [9.17, 15) is 9.59 Å². The lowest BCUT2D eigenvalue weighted by molar-refractivity contribution is -0.154. The lowest BCUT2D eigenvalue weighted by Gasteiger charge is -2.13. The third-order valence-electron chi connectivity index (χ3n) is 2.16. The van der Waals surface area contributed by atoms with Crippen LogP contribution < -0.4 is 5.32 Å². The zero-order valence-corrected chi connectivity index (χ0v) is 10.5. The normalized spacial score (nSPS) is 11.7. The molecule has 0 aliphatic heterocycles. The van der Waals surface area contributed by atoms with Gasteiger partial charge in [0, 0.05) is 5.02 Å². The Labute approximate surface area is 105 Å². The van der Waals surface area contributed by atoms with Crippen LogP contribution >= 0.6 is 11.6 Å². The predicted molar refractivity (Wildman–Crippen MR) is 64.6 cm³/mol. The van der Waals surface area contributed by atoms with Gasteiger partial charge in [0.1, 0.15) is 0 Å². The van der Waals surface area contributed by atoms with Crippen LogP contribution in [0.1, 0.15) is 25.5 Å². The highest BCUT2D eigenvalue weighted by Crippen LogP contribution is 2.17. The van der Waals surface area contributed by atoms with Crippen LogP contribution in [0.3, 0.4) is 0 Å². The molecule has 92 valence electrons. The van der Waals surface area contributed by atoms with Gasteiger partial charge in [0.25, 0.3) is 0 Å². The summed E-state index contributed by atoms with van der Waals surface area (Å²) in [5, 5.41) is 3.12. The number of rotatable bonds is 3. The number of carbonyl (C=O) groups excluding carboxylic acids is 2. The Morgan fingerprint density at radius 3 is 2.76 bits per heavy atom. The summed E-state index contributed by atoms with van der Waals surface area (Å²) in [7, 11) is 0. The van der Waals surface area contributed by atoms with E-state index in [2.05, 4.69) is 10.1 Å². The minimum absolute atomic E-state index is 0.178. The SMILES string of the molecule is CCOC(=O)C(=O)NC(C)c1cccc(Cl)c1. The van der Waals surface area contributed by atoms with Gasteiger partial charge < -0.3 is 10.1 Å². The van der Waals surface area contributed by atoms with Gasteiger partial charge in [0.15, 0.2) is 0 Å². The summed E-state index contributed by atoms with van der Waals surface area (Å²) in [6.45, 7) is 3.59. The number of hydrogen-bond acceptors (Lipinski definition) is 3. The number of ether oxygens (including phenoxy) is 1. The quantitative estimate of drug-likeness (QED) is 0.665.